The predicted octanol–water partition coefficient (Wildman–Crippen LogP) is 5.22. The average molecular weight is 439 g/mol. The number of rotatable bonds is 5. The van der Waals surface area contributed by atoms with Crippen molar-refractivity contribution in [3.8, 4) is 11.3 Å². The van der Waals surface area contributed by atoms with Crippen molar-refractivity contribution >= 4 is 5.78 Å². The molecule has 4 rings (SSSR count). The molecule has 0 unspecified atom stereocenters. The van der Waals surface area contributed by atoms with Crippen molar-refractivity contribution in [3.05, 3.63) is 83.1 Å². The molecule has 1 saturated carbocycles. The van der Waals surface area contributed by atoms with Crippen molar-refractivity contribution in [2.24, 2.45) is 11.7 Å². The van der Waals surface area contributed by atoms with Crippen LogP contribution >= 0.6 is 0 Å². The first-order valence-electron chi connectivity index (χ1n) is 10.7. The standard InChI is InChI=1S/C25H24F3N3O/c1-14-8-15(10-18(29)9-14)19-6-7-30-13-16(19)11-24(32)23-5-4-22(28)25(31-23)20-12-17(26)2-3-21(20)27/h2-7,12-15,18H,8-11,29H2,1H3/t14-,15+,18-/m0/s1. The Hall–Kier alpha value is -3.06. The van der Waals surface area contributed by atoms with Crippen LogP contribution in [-0.4, -0.2) is 21.8 Å². The summed E-state index contributed by atoms with van der Waals surface area (Å²) in [5.41, 5.74) is 7.28. The van der Waals surface area contributed by atoms with E-state index in [0.29, 0.717) is 5.92 Å². The summed E-state index contributed by atoms with van der Waals surface area (Å²) in [4.78, 5) is 21.2. The summed E-state index contributed by atoms with van der Waals surface area (Å²) >= 11 is 0. The van der Waals surface area contributed by atoms with Crippen molar-refractivity contribution in [2.45, 2.75) is 44.6 Å². The van der Waals surface area contributed by atoms with Gasteiger partial charge in [-0.2, -0.15) is 0 Å². The Morgan fingerprint density at radius 1 is 1.06 bits per heavy atom. The van der Waals surface area contributed by atoms with E-state index in [1.165, 1.54) is 6.07 Å². The number of pyridine rings is 2. The van der Waals surface area contributed by atoms with Crippen LogP contribution in [0.25, 0.3) is 11.3 Å². The maximum Gasteiger partial charge on any atom is 0.185 e. The molecule has 4 nitrogen and oxygen atoms in total. The van der Waals surface area contributed by atoms with E-state index in [2.05, 4.69) is 16.9 Å². The number of halogens is 3. The number of hydrogen-bond donors (Lipinski definition) is 1. The van der Waals surface area contributed by atoms with E-state index in [9.17, 15) is 18.0 Å². The fourth-order valence-corrected chi connectivity index (χ4v) is 4.62. The number of Topliss-reactive ketones (excluding diaryl/α,β-unsaturated/α-hetero) is 1. The van der Waals surface area contributed by atoms with Gasteiger partial charge in [0.15, 0.2) is 5.78 Å². The van der Waals surface area contributed by atoms with Crippen molar-refractivity contribution in [1.82, 2.24) is 9.97 Å². The molecule has 2 N–H and O–H groups in total. The molecule has 0 radical (unpaired) electrons. The van der Waals surface area contributed by atoms with Crippen LogP contribution in [0.5, 0.6) is 0 Å². The second-order valence-corrected chi connectivity index (χ2v) is 8.59. The van der Waals surface area contributed by atoms with E-state index in [1.807, 2.05) is 6.07 Å². The van der Waals surface area contributed by atoms with Gasteiger partial charge in [0.1, 0.15) is 28.8 Å². The molecular formula is C25H24F3N3O. The van der Waals surface area contributed by atoms with Gasteiger partial charge in [-0.3, -0.25) is 9.78 Å². The molecule has 32 heavy (non-hydrogen) atoms. The van der Waals surface area contributed by atoms with E-state index in [4.69, 9.17) is 5.73 Å². The molecule has 1 aliphatic rings. The normalized spacial score (nSPS) is 20.8. The van der Waals surface area contributed by atoms with Gasteiger partial charge in [0.25, 0.3) is 0 Å². The fourth-order valence-electron chi connectivity index (χ4n) is 4.62. The van der Waals surface area contributed by atoms with Crippen LogP contribution in [0, 0.1) is 23.4 Å². The zero-order valence-corrected chi connectivity index (χ0v) is 17.7. The highest BCUT2D eigenvalue weighted by Gasteiger charge is 2.27. The number of benzene rings is 1. The van der Waals surface area contributed by atoms with Crippen LogP contribution < -0.4 is 5.73 Å². The highest BCUT2D eigenvalue weighted by molar-refractivity contribution is 5.96. The lowest BCUT2D eigenvalue weighted by Gasteiger charge is -2.32. The first kappa shape index (κ1) is 22.1. The SMILES string of the molecule is C[C@@H]1C[C@H](N)C[C@H](c2ccncc2CC(=O)c2ccc(F)c(-c3cc(F)ccc3F)n2)C1. The summed E-state index contributed by atoms with van der Waals surface area (Å²) < 4.78 is 42.1. The molecule has 2 aromatic heterocycles. The average Bonchev–Trinajstić information content (AvgIpc) is 2.75. The molecule has 0 aliphatic heterocycles. The monoisotopic (exact) mass is 439 g/mol. The van der Waals surface area contributed by atoms with E-state index >= 15 is 0 Å². The summed E-state index contributed by atoms with van der Waals surface area (Å²) in [7, 11) is 0. The van der Waals surface area contributed by atoms with E-state index in [-0.39, 0.29) is 35.4 Å². The van der Waals surface area contributed by atoms with Crippen molar-refractivity contribution < 1.29 is 18.0 Å². The Morgan fingerprint density at radius 3 is 2.62 bits per heavy atom. The Bertz CT molecular complexity index is 1140. The van der Waals surface area contributed by atoms with Gasteiger partial charge in [-0.15, -0.1) is 0 Å². The molecule has 0 spiro atoms. The number of carbonyl (C=O) groups excluding carboxylic acids is 1. The van der Waals surface area contributed by atoms with Crippen LogP contribution in [-0.2, 0) is 6.42 Å². The van der Waals surface area contributed by atoms with Gasteiger partial charge in [0.2, 0.25) is 0 Å². The van der Waals surface area contributed by atoms with Crippen LogP contribution in [0.2, 0.25) is 0 Å². The van der Waals surface area contributed by atoms with Gasteiger partial charge in [-0.25, -0.2) is 18.2 Å². The maximum atomic E-state index is 14.4. The van der Waals surface area contributed by atoms with Crippen molar-refractivity contribution in [1.29, 1.82) is 0 Å². The molecule has 1 fully saturated rings. The van der Waals surface area contributed by atoms with Crippen LogP contribution in [0.1, 0.15) is 53.7 Å². The van der Waals surface area contributed by atoms with Crippen molar-refractivity contribution in [3.63, 3.8) is 0 Å². The zero-order valence-electron chi connectivity index (χ0n) is 17.7. The third-order valence-corrected chi connectivity index (χ3v) is 6.03. The van der Waals surface area contributed by atoms with Gasteiger partial charge < -0.3 is 5.73 Å². The molecular weight excluding hydrogens is 415 g/mol. The largest absolute Gasteiger partial charge is 0.328 e. The Labute approximate surface area is 184 Å². The minimum Gasteiger partial charge on any atom is -0.328 e. The molecule has 1 aliphatic carbocycles. The van der Waals surface area contributed by atoms with Crippen LogP contribution in [0.15, 0.2) is 48.8 Å². The number of hydrogen-bond acceptors (Lipinski definition) is 4. The molecule has 0 bridgehead atoms. The molecule has 2 heterocycles. The summed E-state index contributed by atoms with van der Waals surface area (Å²) in [5.74, 6) is -2.01. The number of nitrogens with two attached hydrogens (primary N) is 1. The van der Waals surface area contributed by atoms with Gasteiger partial charge >= 0.3 is 0 Å². The third kappa shape index (κ3) is 4.72. The molecule has 0 saturated heterocycles. The van der Waals surface area contributed by atoms with Crippen LogP contribution in [0.3, 0.4) is 0 Å². The predicted molar refractivity (Wildman–Crippen MR) is 116 cm³/mol. The summed E-state index contributed by atoms with van der Waals surface area (Å²) in [6.45, 7) is 2.17. The van der Waals surface area contributed by atoms with Gasteiger partial charge in [0.05, 0.1) is 0 Å². The molecule has 166 valence electrons. The number of carbonyl (C=O) groups is 1. The first-order chi connectivity index (χ1) is 15.3. The molecule has 3 atom stereocenters. The van der Waals surface area contributed by atoms with Crippen molar-refractivity contribution in [2.75, 3.05) is 0 Å². The van der Waals surface area contributed by atoms with Gasteiger partial charge in [-0.05, 0) is 78.6 Å². The van der Waals surface area contributed by atoms with Gasteiger partial charge in [-0.1, -0.05) is 6.92 Å². The summed E-state index contributed by atoms with van der Waals surface area (Å²) in [5, 5.41) is 0. The molecule has 3 aromatic rings. The quantitative estimate of drug-likeness (QED) is 0.554. The lowest BCUT2D eigenvalue weighted by molar-refractivity contribution is 0.0987. The Kier molecular flexibility index (Phi) is 6.37. The summed E-state index contributed by atoms with van der Waals surface area (Å²) in [6, 6.07) is 7.04. The topological polar surface area (TPSA) is 68.9 Å². The maximum absolute atomic E-state index is 14.4. The number of ketones is 1. The third-order valence-electron chi connectivity index (χ3n) is 6.03. The molecule has 7 heteroatoms. The molecule has 0 amide bonds. The first-order valence-corrected chi connectivity index (χ1v) is 10.7. The lowest BCUT2D eigenvalue weighted by atomic mass is 9.75. The van der Waals surface area contributed by atoms with E-state index in [1.54, 1.807) is 12.4 Å². The highest BCUT2D eigenvalue weighted by Crippen LogP contribution is 2.37. The second kappa shape index (κ2) is 9.20. The Balaban J connectivity index is 1.63. The van der Waals surface area contributed by atoms with Gasteiger partial charge in [0, 0.05) is 30.4 Å². The smallest absolute Gasteiger partial charge is 0.185 e. The fraction of sp³-hybridized carbons (Fsp3) is 0.320. The summed E-state index contributed by atoms with van der Waals surface area (Å²) in [6.07, 6.45) is 6.19. The lowest BCUT2D eigenvalue weighted by Crippen LogP contribution is -2.31. The minimum absolute atomic E-state index is 0.0198. The van der Waals surface area contributed by atoms with E-state index < -0.39 is 23.1 Å². The van der Waals surface area contributed by atoms with E-state index in [0.717, 1.165) is 54.7 Å². The molecule has 1 aromatic carbocycles. The number of nitrogens with zero attached hydrogens (tertiary/aromatic N) is 2. The van der Waals surface area contributed by atoms with Crippen LogP contribution in [0.4, 0.5) is 13.2 Å². The minimum atomic E-state index is -0.835. The second-order valence-electron chi connectivity index (χ2n) is 8.59. The number of aromatic nitrogens is 2. The Morgan fingerprint density at radius 2 is 1.84 bits per heavy atom. The highest BCUT2D eigenvalue weighted by atomic mass is 19.1. The zero-order chi connectivity index (χ0) is 22.8.